The Labute approximate surface area is 292 Å². The Morgan fingerprint density at radius 1 is 1.16 bits per heavy atom. The van der Waals surface area contributed by atoms with Gasteiger partial charge in [0.15, 0.2) is 11.6 Å². The Bertz CT molecular complexity index is 2020. The van der Waals surface area contributed by atoms with Crippen molar-refractivity contribution in [1.82, 2.24) is 29.7 Å². The number of nitrogens with zero attached hydrogens (tertiary/aromatic N) is 8. The van der Waals surface area contributed by atoms with Crippen LogP contribution in [0.4, 0.5) is 32.2 Å². The van der Waals surface area contributed by atoms with Crippen LogP contribution in [0, 0.1) is 17.1 Å². The third-order valence-corrected chi connectivity index (χ3v) is 10.4. The van der Waals surface area contributed by atoms with Crippen molar-refractivity contribution in [2.45, 2.75) is 49.6 Å². The third kappa shape index (κ3) is 6.69. The fraction of sp³-hybridized carbons (Fsp3) is 0.412. The van der Waals surface area contributed by atoms with Crippen molar-refractivity contribution in [2.24, 2.45) is 0 Å². The van der Waals surface area contributed by atoms with Gasteiger partial charge in [-0.15, -0.1) is 11.3 Å². The maximum Gasteiger partial charge on any atom is 0.417 e. The van der Waals surface area contributed by atoms with Crippen LogP contribution < -0.4 is 9.64 Å². The summed E-state index contributed by atoms with van der Waals surface area (Å²) >= 11 is 1.15. The van der Waals surface area contributed by atoms with Crippen molar-refractivity contribution in [3.63, 3.8) is 0 Å². The average Bonchev–Trinajstić information content (AvgIpc) is 3.83. The Morgan fingerprint density at radius 2 is 1.98 bits per heavy atom. The summed E-state index contributed by atoms with van der Waals surface area (Å²) in [4.78, 5) is 35.0. The second-order valence-corrected chi connectivity index (χ2v) is 13.7. The first-order valence-electron chi connectivity index (χ1n) is 16.2. The molecule has 0 radical (unpaired) electrons. The minimum Gasteiger partial charge on any atom is -0.461 e. The molecule has 51 heavy (non-hydrogen) atoms. The van der Waals surface area contributed by atoms with E-state index in [2.05, 4.69) is 19.9 Å². The van der Waals surface area contributed by atoms with Crippen LogP contribution in [0.15, 0.2) is 47.9 Å². The number of ether oxygens (including phenoxy) is 1. The third-order valence-electron chi connectivity index (χ3n) is 9.64. The zero-order valence-corrected chi connectivity index (χ0v) is 27.7. The SMILES string of the molecule is N#CC[C@H]1CN(c2nc(OC[C@@]34CCCN3CC(F)C4)nc3c(F)c(-c4ccccc4C(F)(F)F)ncc23)CCN1C(=O)/C(F)=C/c1nccs1. The van der Waals surface area contributed by atoms with E-state index in [0.29, 0.717) is 18.0 Å². The number of benzene rings is 1. The molecular weight excluding hydrogens is 698 g/mol. The van der Waals surface area contributed by atoms with Gasteiger partial charge in [-0.25, -0.2) is 18.2 Å². The molecule has 17 heteroatoms. The summed E-state index contributed by atoms with van der Waals surface area (Å²) < 4.78 is 93.9. The molecule has 0 spiro atoms. The second-order valence-electron chi connectivity index (χ2n) is 12.7. The Balaban J connectivity index is 1.27. The molecule has 4 aromatic rings. The van der Waals surface area contributed by atoms with E-state index in [-0.39, 0.29) is 68.4 Å². The molecule has 3 aliphatic rings. The highest BCUT2D eigenvalue weighted by atomic mass is 32.1. The first-order chi connectivity index (χ1) is 24.5. The first kappa shape index (κ1) is 34.6. The van der Waals surface area contributed by atoms with Crippen molar-refractivity contribution in [3.8, 4) is 23.3 Å². The molecule has 0 bridgehead atoms. The van der Waals surface area contributed by atoms with Gasteiger partial charge in [-0.05, 0) is 25.5 Å². The number of fused-ring (bicyclic) bond motifs is 2. The summed E-state index contributed by atoms with van der Waals surface area (Å²) in [5.74, 6) is -3.02. The number of aromatic nitrogens is 4. The molecule has 0 saturated carbocycles. The van der Waals surface area contributed by atoms with Crippen LogP contribution in [-0.2, 0) is 11.0 Å². The summed E-state index contributed by atoms with van der Waals surface area (Å²) in [5.41, 5.74) is -3.11. The van der Waals surface area contributed by atoms with Gasteiger partial charge in [0.05, 0.1) is 35.0 Å². The Morgan fingerprint density at radius 3 is 2.75 bits per heavy atom. The molecule has 6 heterocycles. The van der Waals surface area contributed by atoms with Gasteiger partial charge in [-0.2, -0.15) is 28.4 Å². The lowest BCUT2D eigenvalue weighted by Gasteiger charge is -2.41. The zero-order valence-electron chi connectivity index (χ0n) is 26.9. The fourth-order valence-electron chi connectivity index (χ4n) is 7.31. The minimum atomic E-state index is -4.80. The highest BCUT2D eigenvalue weighted by molar-refractivity contribution is 7.10. The average molecular weight is 729 g/mol. The number of carbonyl (C=O) groups is 1. The number of piperazine rings is 1. The number of halogens is 6. The van der Waals surface area contributed by atoms with Crippen molar-refractivity contribution in [1.29, 1.82) is 5.26 Å². The fourth-order valence-corrected chi connectivity index (χ4v) is 7.86. The Kier molecular flexibility index (Phi) is 9.31. The Hall–Kier alpha value is -4.82. The molecule has 10 nitrogen and oxygen atoms in total. The summed E-state index contributed by atoms with van der Waals surface area (Å²) in [6, 6.07) is 5.41. The van der Waals surface area contributed by atoms with E-state index in [0.717, 1.165) is 36.0 Å². The van der Waals surface area contributed by atoms with Gasteiger partial charge in [0.2, 0.25) is 0 Å². The van der Waals surface area contributed by atoms with Gasteiger partial charge in [0.1, 0.15) is 34.8 Å². The molecule has 1 unspecified atom stereocenters. The molecule has 0 aliphatic carbocycles. The van der Waals surface area contributed by atoms with Crippen LogP contribution in [0.25, 0.3) is 28.2 Å². The minimum absolute atomic E-state index is 0.00111. The van der Waals surface area contributed by atoms with Crippen LogP contribution in [0.3, 0.4) is 0 Å². The summed E-state index contributed by atoms with van der Waals surface area (Å²) in [5, 5.41) is 11.6. The number of nitriles is 1. The van der Waals surface area contributed by atoms with Crippen molar-refractivity contribution >= 4 is 40.0 Å². The van der Waals surface area contributed by atoms with E-state index in [1.54, 1.807) is 10.3 Å². The molecule has 3 fully saturated rings. The molecule has 3 saturated heterocycles. The lowest BCUT2D eigenvalue weighted by atomic mass is 9.95. The van der Waals surface area contributed by atoms with Crippen molar-refractivity contribution in [2.75, 3.05) is 44.2 Å². The number of thiazole rings is 1. The summed E-state index contributed by atoms with van der Waals surface area (Å²) in [6.07, 6.45) is -0.595. The number of carbonyl (C=O) groups excluding carboxylic acids is 1. The molecule has 1 aromatic carbocycles. The number of hydrogen-bond acceptors (Lipinski definition) is 10. The molecule has 3 aliphatic heterocycles. The lowest BCUT2D eigenvalue weighted by Crippen LogP contribution is -2.55. The quantitative estimate of drug-likeness (QED) is 0.155. The van der Waals surface area contributed by atoms with Gasteiger partial charge < -0.3 is 14.5 Å². The zero-order chi connectivity index (χ0) is 35.9. The molecule has 266 valence electrons. The molecule has 3 atom stereocenters. The number of hydrogen-bond donors (Lipinski definition) is 0. The van der Waals surface area contributed by atoms with Gasteiger partial charge in [0, 0.05) is 62.0 Å². The van der Waals surface area contributed by atoms with Crippen molar-refractivity contribution in [3.05, 3.63) is 64.3 Å². The van der Waals surface area contributed by atoms with E-state index >= 15 is 8.78 Å². The highest BCUT2D eigenvalue weighted by Gasteiger charge is 2.49. The molecule has 0 N–H and O–H groups in total. The maximum absolute atomic E-state index is 16.5. The molecular formula is C34H30F6N8O2S. The van der Waals surface area contributed by atoms with Crippen LogP contribution in [0.1, 0.15) is 36.3 Å². The highest BCUT2D eigenvalue weighted by Crippen LogP contribution is 2.42. The van der Waals surface area contributed by atoms with Crippen LogP contribution >= 0.6 is 11.3 Å². The predicted molar refractivity (Wildman–Crippen MR) is 175 cm³/mol. The number of amides is 1. The maximum atomic E-state index is 16.5. The van der Waals surface area contributed by atoms with E-state index in [4.69, 9.17) is 4.74 Å². The van der Waals surface area contributed by atoms with E-state index in [1.807, 2.05) is 11.0 Å². The smallest absolute Gasteiger partial charge is 0.417 e. The van der Waals surface area contributed by atoms with E-state index in [9.17, 15) is 27.6 Å². The monoisotopic (exact) mass is 728 g/mol. The topological polar surface area (TPSA) is 111 Å². The van der Waals surface area contributed by atoms with Gasteiger partial charge in [-0.1, -0.05) is 18.2 Å². The largest absolute Gasteiger partial charge is 0.461 e. The van der Waals surface area contributed by atoms with Crippen LogP contribution in [-0.4, -0.2) is 92.7 Å². The number of alkyl halides is 4. The van der Waals surface area contributed by atoms with Crippen LogP contribution in [0.2, 0.25) is 0 Å². The molecule has 3 aromatic heterocycles. The van der Waals surface area contributed by atoms with Crippen molar-refractivity contribution < 1.29 is 35.9 Å². The predicted octanol–water partition coefficient (Wildman–Crippen LogP) is 6.20. The lowest BCUT2D eigenvalue weighted by molar-refractivity contribution is -0.137. The summed E-state index contributed by atoms with van der Waals surface area (Å²) in [6.45, 7) is 0.938. The molecule has 1 amide bonds. The normalized spacial score (nSPS) is 22.7. The van der Waals surface area contributed by atoms with Gasteiger partial charge in [0.25, 0.3) is 5.91 Å². The van der Waals surface area contributed by atoms with Gasteiger partial charge >= 0.3 is 12.2 Å². The van der Waals surface area contributed by atoms with E-state index in [1.165, 1.54) is 29.4 Å². The standard InChI is InChI=1S/C34H30F6N8O2S/c35-20-15-33(7-3-10-47(33)17-20)19-50-32-44-29-23(16-43-28(27(29)37)22-4-1-2-5-24(22)34(38,39)40)30(45-32)46-11-12-48(21(18-46)6-8-41)31(49)25(36)14-26-42-9-13-51-26/h1-2,4-5,9,13-14,16,20-21H,3,6-7,10-12,15,17-19H2/b25-14-/t20?,21-,33-/m0/s1. The number of rotatable bonds is 8. The second kappa shape index (κ2) is 13.7. The first-order valence-corrected chi connectivity index (χ1v) is 17.1. The number of anilines is 1. The molecule has 7 rings (SSSR count). The van der Waals surface area contributed by atoms with Crippen LogP contribution in [0.5, 0.6) is 6.01 Å². The van der Waals surface area contributed by atoms with Gasteiger partial charge in [-0.3, -0.25) is 14.7 Å². The number of pyridine rings is 1. The summed E-state index contributed by atoms with van der Waals surface area (Å²) in [7, 11) is 0. The van der Waals surface area contributed by atoms with E-state index < -0.39 is 58.3 Å².